The van der Waals surface area contributed by atoms with Gasteiger partial charge >= 0.3 is 0 Å². The lowest BCUT2D eigenvalue weighted by Gasteiger charge is -2.02. The minimum Gasteiger partial charge on any atom is -0.495 e. The van der Waals surface area contributed by atoms with Crippen LogP contribution in [0.25, 0.3) is 0 Å². The number of nitro benzene ring substituents is 1. The third kappa shape index (κ3) is 2.89. The predicted octanol–water partition coefficient (Wildman–Crippen LogP) is 1.88. The molecule has 0 unspecified atom stereocenters. The van der Waals surface area contributed by atoms with Gasteiger partial charge in [0.1, 0.15) is 5.75 Å². The van der Waals surface area contributed by atoms with Crippen LogP contribution >= 0.6 is 12.6 Å². The number of hydrogen-bond acceptors (Lipinski definition) is 4. The zero-order valence-electron chi connectivity index (χ0n) is 8.06. The first-order chi connectivity index (χ1) is 7.19. The number of rotatable bonds is 2. The Hall–Kier alpha value is -1.67. The van der Waals surface area contributed by atoms with E-state index >= 15 is 0 Å². The first kappa shape index (κ1) is 11.4. The summed E-state index contributed by atoms with van der Waals surface area (Å²) in [6, 6.07) is 4.31. The molecule has 0 saturated carbocycles. The lowest BCUT2D eigenvalue weighted by molar-refractivity contribution is -0.384. The third-order valence-corrected chi connectivity index (χ3v) is 1.86. The van der Waals surface area contributed by atoms with Crippen LogP contribution in [-0.4, -0.2) is 17.8 Å². The minimum atomic E-state index is -0.474. The number of hydrogen-bond donors (Lipinski definition) is 1. The molecule has 0 aliphatic heterocycles. The van der Waals surface area contributed by atoms with Crippen LogP contribution < -0.4 is 4.74 Å². The summed E-state index contributed by atoms with van der Waals surface area (Å²) in [5.41, 5.74) is 0.612. The van der Waals surface area contributed by atoms with Crippen molar-refractivity contribution < 1.29 is 9.66 Å². The summed E-state index contributed by atoms with van der Waals surface area (Å²) < 4.78 is 5.00. The first-order valence-corrected chi connectivity index (χ1v) is 4.74. The molecule has 1 rings (SSSR count). The van der Waals surface area contributed by atoms with Crippen molar-refractivity contribution in [3.63, 3.8) is 0 Å². The molecule has 0 radical (unpaired) electrons. The van der Waals surface area contributed by atoms with Crippen LogP contribution in [0.5, 0.6) is 5.75 Å². The molecule has 0 amide bonds. The van der Waals surface area contributed by atoms with Crippen molar-refractivity contribution >= 4 is 18.3 Å². The van der Waals surface area contributed by atoms with Crippen LogP contribution in [-0.2, 0) is 0 Å². The Bertz CT molecular complexity index is 434. The van der Waals surface area contributed by atoms with E-state index in [-0.39, 0.29) is 5.69 Å². The molecule has 0 bridgehead atoms. The molecule has 0 heterocycles. The molecule has 78 valence electrons. The van der Waals surface area contributed by atoms with E-state index in [0.29, 0.717) is 17.1 Å². The summed E-state index contributed by atoms with van der Waals surface area (Å²) in [6.45, 7) is 0. The highest BCUT2D eigenvalue weighted by Crippen LogP contribution is 2.23. The SMILES string of the molecule is COc1cc([N+](=O)[O-])ccc1C#CCS. The van der Waals surface area contributed by atoms with Gasteiger partial charge in [-0.2, -0.15) is 12.6 Å². The molecule has 4 nitrogen and oxygen atoms in total. The Morgan fingerprint density at radius 2 is 2.33 bits per heavy atom. The van der Waals surface area contributed by atoms with Crippen molar-refractivity contribution in [2.75, 3.05) is 12.9 Å². The molecule has 0 aliphatic rings. The van der Waals surface area contributed by atoms with Gasteiger partial charge in [-0.3, -0.25) is 10.1 Å². The van der Waals surface area contributed by atoms with Crippen molar-refractivity contribution in [1.29, 1.82) is 0 Å². The summed E-state index contributed by atoms with van der Waals surface area (Å²) in [5, 5.41) is 10.5. The van der Waals surface area contributed by atoms with E-state index in [9.17, 15) is 10.1 Å². The van der Waals surface area contributed by atoms with E-state index in [4.69, 9.17) is 4.74 Å². The molecule has 0 fully saturated rings. The second-order valence-corrected chi connectivity index (χ2v) is 2.92. The molecule has 5 heteroatoms. The molecule has 0 N–H and O–H groups in total. The highest BCUT2D eigenvalue weighted by molar-refractivity contribution is 7.80. The van der Waals surface area contributed by atoms with Crippen LogP contribution in [0, 0.1) is 22.0 Å². The van der Waals surface area contributed by atoms with Crippen molar-refractivity contribution in [2.45, 2.75) is 0 Å². The summed E-state index contributed by atoms with van der Waals surface area (Å²) in [5.74, 6) is 6.39. The maximum atomic E-state index is 10.5. The van der Waals surface area contributed by atoms with E-state index in [1.807, 2.05) is 0 Å². The quantitative estimate of drug-likeness (QED) is 0.360. The fourth-order valence-corrected chi connectivity index (χ4v) is 1.11. The van der Waals surface area contributed by atoms with Crippen molar-refractivity contribution in [3.8, 4) is 17.6 Å². The molecule has 0 aromatic heterocycles. The number of benzene rings is 1. The van der Waals surface area contributed by atoms with E-state index in [1.165, 1.54) is 19.2 Å². The lowest BCUT2D eigenvalue weighted by atomic mass is 10.2. The second-order valence-electron chi connectivity index (χ2n) is 2.60. The second kappa shape index (κ2) is 5.27. The van der Waals surface area contributed by atoms with Crippen LogP contribution in [0.1, 0.15) is 5.56 Å². The van der Waals surface area contributed by atoms with Crippen LogP contribution in [0.4, 0.5) is 5.69 Å². The standard InChI is InChI=1S/C10H9NO3S/c1-14-10-7-9(11(12)13)5-4-8(10)3-2-6-15/h4-5,7,15H,6H2,1H3. The highest BCUT2D eigenvalue weighted by atomic mass is 32.1. The Balaban J connectivity index is 3.14. The molecule has 0 aliphatic carbocycles. The molecular formula is C10H9NO3S. The number of nitro groups is 1. The smallest absolute Gasteiger partial charge is 0.273 e. The predicted molar refractivity (Wildman–Crippen MR) is 60.4 cm³/mol. The van der Waals surface area contributed by atoms with Crippen molar-refractivity contribution in [1.82, 2.24) is 0 Å². The molecular weight excluding hydrogens is 214 g/mol. The summed E-state index contributed by atoms with van der Waals surface area (Å²) in [7, 11) is 1.45. The van der Waals surface area contributed by atoms with Gasteiger partial charge in [-0.25, -0.2) is 0 Å². The van der Waals surface area contributed by atoms with Gasteiger partial charge in [0.15, 0.2) is 0 Å². The maximum Gasteiger partial charge on any atom is 0.273 e. The number of non-ortho nitro benzene ring substituents is 1. The number of thiol groups is 1. The number of ether oxygens (including phenoxy) is 1. The summed E-state index contributed by atoms with van der Waals surface area (Å²) >= 11 is 3.94. The summed E-state index contributed by atoms with van der Waals surface area (Å²) in [6.07, 6.45) is 0. The minimum absolute atomic E-state index is 0.0109. The van der Waals surface area contributed by atoms with Crippen LogP contribution in [0.3, 0.4) is 0 Å². The van der Waals surface area contributed by atoms with E-state index < -0.39 is 4.92 Å². The molecule has 0 atom stereocenters. The van der Waals surface area contributed by atoms with Gasteiger partial charge in [0.25, 0.3) is 5.69 Å². The Morgan fingerprint density at radius 3 is 2.87 bits per heavy atom. The van der Waals surface area contributed by atoms with E-state index in [0.717, 1.165) is 0 Å². The van der Waals surface area contributed by atoms with Gasteiger partial charge in [0.05, 0.1) is 29.4 Å². The molecule has 1 aromatic carbocycles. The average Bonchev–Trinajstić information content (AvgIpc) is 2.25. The first-order valence-electron chi connectivity index (χ1n) is 4.11. The van der Waals surface area contributed by atoms with Gasteiger partial charge < -0.3 is 4.74 Å². The molecule has 15 heavy (non-hydrogen) atoms. The zero-order valence-corrected chi connectivity index (χ0v) is 8.95. The average molecular weight is 223 g/mol. The van der Waals surface area contributed by atoms with E-state index in [2.05, 4.69) is 24.5 Å². The van der Waals surface area contributed by atoms with E-state index in [1.54, 1.807) is 6.07 Å². The van der Waals surface area contributed by atoms with Gasteiger partial charge in [-0.1, -0.05) is 11.8 Å². The van der Waals surface area contributed by atoms with Gasteiger partial charge in [-0.15, -0.1) is 0 Å². The molecule has 0 spiro atoms. The Kier molecular flexibility index (Phi) is 4.01. The van der Waals surface area contributed by atoms with Crippen molar-refractivity contribution in [2.24, 2.45) is 0 Å². The number of nitrogens with zero attached hydrogens (tertiary/aromatic N) is 1. The molecule has 0 saturated heterocycles. The molecule has 1 aromatic rings. The fraction of sp³-hybridized carbons (Fsp3) is 0.200. The van der Waals surface area contributed by atoms with Crippen LogP contribution in [0.2, 0.25) is 0 Å². The number of methoxy groups -OCH3 is 1. The Labute approximate surface area is 92.8 Å². The zero-order chi connectivity index (χ0) is 11.3. The largest absolute Gasteiger partial charge is 0.495 e. The summed E-state index contributed by atoms with van der Waals surface area (Å²) in [4.78, 5) is 10.0. The lowest BCUT2D eigenvalue weighted by Crippen LogP contribution is -1.92. The third-order valence-electron chi connectivity index (χ3n) is 1.70. The highest BCUT2D eigenvalue weighted by Gasteiger charge is 2.09. The monoisotopic (exact) mass is 223 g/mol. The topological polar surface area (TPSA) is 52.4 Å². The van der Waals surface area contributed by atoms with Gasteiger partial charge in [0.2, 0.25) is 0 Å². The van der Waals surface area contributed by atoms with Crippen molar-refractivity contribution in [3.05, 3.63) is 33.9 Å². The van der Waals surface area contributed by atoms with Gasteiger partial charge in [-0.05, 0) is 6.07 Å². The fourth-order valence-electron chi connectivity index (χ4n) is 1.03. The normalized spacial score (nSPS) is 8.93. The van der Waals surface area contributed by atoms with Crippen LogP contribution in [0.15, 0.2) is 18.2 Å². The maximum absolute atomic E-state index is 10.5. The van der Waals surface area contributed by atoms with Gasteiger partial charge in [0, 0.05) is 6.07 Å². The Morgan fingerprint density at radius 1 is 1.60 bits per heavy atom.